The Hall–Kier alpha value is -2.24. The van der Waals surface area contributed by atoms with E-state index in [4.69, 9.17) is 29.1 Å². The number of benzene rings is 1. The summed E-state index contributed by atoms with van der Waals surface area (Å²) in [5.74, 6) is 0. The van der Waals surface area contributed by atoms with E-state index in [-0.39, 0.29) is 11.2 Å². The van der Waals surface area contributed by atoms with Crippen LogP contribution in [0.5, 0.6) is 0 Å². The minimum absolute atomic E-state index is 0.0242. The maximum Gasteiger partial charge on any atom is 0.181 e. The van der Waals surface area contributed by atoms with Crippen LogP contribution in [0.3, 0.4) is 0 Å². The van der Waals surface area contributed by atoms with Gasteiger partial charge in [-0.2, -0.15) is 5.26 Å². The van der Waals surface area contributed by atoms with Crippen molar-refractivity contribution < 1.29 is 0 Å². The standard InChI is InChI=1S/C24H27ClN6S/c1-28-9-11-29(12-10-28)16-18-3-5-19(6-4-18)31-23(32)30(17-24(31)7-2-8-24)20-13-21(25)22(14-26)27-15-20/h3-6,13,15H,2,7-12,16-17H2,1H3. The van der Waals surface area contributed by atoms with Gasteiger partial charge in [0, 0.05) is 45.0 Å². The average Bonchev–Trinajstić information content (AvgIpc) is 3.09. The van der Waals surface area contributed by atoms with Gasteiger partial charge in [-0.1, -0.05) is 23.7 Å². The first-order chi connectivity index (χ1) is 15.5. The van der Waals surface area contributed by atoms with E-state index >= 15 is 0 Å². The van der Waals surface area contributed by atoms with Crippen molar-refractivity contribution in [1.29, 1.82) is 5.26 Å². The van der Waals surface area contributed by atoms with Crippen molar-refractivity contribution in [2.24, 2.45) is 0 Å². The first-order valence-corrected chi connectivity index (χ1v) is 11.9. The number of likely N-dealkylation sites (N-methyl/N-ethyl adjacent to an activating group) is 1. The van der Waals surface area contributed by atoms with Crippen LogP contribution in [-0.2, 0) is 6.54 Å². The molecule has 0 N–H and O–H groups in total. The summed E-state index contributed by atoms with van der Waals surface area (Å²) in [6, 6.07) is 12.7. The van der Waals surface area contributed by atoms with Gasteiger partial charge in [0.25, 0.3) is 0 Å². The summed E-state index contributed by atoms with van der Waals surface area (Å²) in [7, 11) is 2.19. The van der Waals surface area contributed by atoms with Gasteiger partial charge in [-0.15, -0.1) is 0 Å². The number of halogens is 1. The molecule has 1 aromatic heterocycles. The van der Waals surface area contributed by atoms with Gasteiger partial charge in [-0.3, -0.25) is 4.90 Å². The van der Waals surface area contributed by atoms with Crippen molar-refractivity contribution in [3.63, 3.8) is 0 Å². The molecule has 2 aliphatic heterocycles. The number of nitrogens with zero attached hydrogens (tertiary/aromatic N) is 6. The normalized spacial score (nSPS) is 21.1. The number of thiocarbonyl (C=S) groups is 1. The zero-order valence-electron chi connectivity index (χ0n) is 18.3. The molecule has 0 amide bonds. The smallest absolute Gasteiger partial charge is 0.181 e. The molecule has 0 radical (unpaired) electrons. The summed E-state index contributed by atoms with van der Waals surface area (Å²) in [6.45, 7) is 6.31. The van der Waals surface area contributed by atoms with Gasteiger partial charge in [-0.25, -0.2) is 4.98 Å². The van der Waals surface area contributed by atoms with E-state index in [1.807, 2.05) is 6.07 Å². The van der Waals surface area contributed by atoms with E-state index < -0.39 is 0 Å². The minimum atomic E-state index is 0.0242. The van der Waals surface area contributed by atoms with E-state index in [1.165, 1.54) is 12.0 Å². The maximum absolute atomic E-state index is 9.14. The van der Waals surface area contributed by atoms with Crippen molar-refractivity contribution in [2.45, 2.75) is 31.3 Å². The van der Waals surface area contributed by atoms with Crippen molar-refractivity contribution in [3.8, 4) is 6.07 Å². The predicted molar refractivity (Wildman–Crippen MR) is 132 cm³/mol. The topological polar surface area (TPSA) is 49.6 Å². The van der Waals surface area contributed by atoms with Gasteiger partial charge in [-0.05, 0) is 62.3 Å². The van der Waals surface area contributed by atoms with Crippen molar-refractivity contribution >= 4 is 40.3 Å². The molecule has 0 bridgehead atoms. The Morgan fingerprint density at radius 2 is 1.84 bits per heavy atom. The largest absolute Gasteiger partial charge is 0.315 e. The summed E-state index contributed by atoms with van der Waals surface area (Å²) in [5.41, 5.74) is 3.60. The molecule has 3 aliphatic rings. The number of hydrogen-bond donors (Lipinski definition) is 0. The Morgan fingerprint density at radius 3 is 2.44 bits per heavy atom. The van der Waals surface area contributed by atoms with Crippen LogP contribution in [0.15, 0.2) is 36.5 Å². The van der Waals surface area contributed by atoms with E-state index in [9.17, 15) is 0 Å². The van der Waals surface area contributed by atoms with Crippen molar-refractivity contribution in [2.75, 3.05) is 49.6 Å². The number of anilines is 2. The molecule has 3 heterocycles. The Bertz CT molecular complexity index is 1050. The number of hydrogen-bond acceptors (Lipinski definition) is 5. The van der Waals surface area contributed by atoms with Crippen LogP contribution in [0.2, 0.25) is 5.02 Å². The lowest BCUT2D eigenvalue weighted by Gasteiger charge is -2.45. The van der Waals surface area contributed by atoms with Crippen molar-refractivity contribution in [1.82, 2.24) is 14.8 Å². The lowest BCUT2D eigenvalue weighted by atomic mass is 9.76. The molecule has 1 saturated carbocycles. The van der Waals surface area contributed by atoms with E-state index in [1.54, 1.807) is 12.3 Å². The highest BCUT2D eigenvalue weighted by atomic mass is 35.5. The Kier molecular flexibility index (Phi) is 5.81. The second kappa shape index (κ2) is 8.60. The third kappa shape index (κ3) is 3.86. The second-order valence-corrected chi connectivity index (χ2v) is 9.94. The van der Waals surface area contributed by atoms with Gasteiger partial charge in [0.05, 0.1) is 22.4 Å². The molecule has 2 saturated heterocycles. The molecule has 2 aromatic rings. The molecular weight excluding hydrogens is 440 g/mol. The molecular formula is C24H27ClN6S. The zero-order chi connectivity index (χ0) is 22.3. The third-order valence-electron chi connectivity index (χ3n) is 7.07. The summed E-state index contributed by atoms with van der Waals surface area (Å²) in [5, 5.41) is 10.3. The number of aromatic nitrogens is 1. The van der Waals surface area contributed by atoms with Crippen LogP contribution in [0.4, 0.5) is 11.4 Å². The summed E-state index contributed by atoms with van der Waals surface area (Å²) >= 11 is 12.2. The van der Waals surface area contributed by atoms with E-state index in [0.717, 1.165) is 68.6 Å². The van der Waals surface area contributed by atoms with Gasteiger partial charge in [0.2, 0.25) is 0 Å². The molecule has 1 aliphatic carbocycles. The number of rotatable bonds is 4. The van der Waals surface area contributed by atoms with Crippen LogP contribution in [-0.4, -0.2) is 65.2 Å². The second-order valence-electron chi connectivity index (χ2n) is 9.16. The Morgan fingerprint density at radius 1 is 1.12 bits per heavy atom. The quantitative estimate of drug-likeness (QED) is 0.633. The summed E-state index contributed by atoms with van der Waals surface area (Å²) < 4.78 is 0. The Labute approximate surface area is 200 Å². The highest BCUT2D eigenvalue weighted by Crippen LogP contribution is 2.47. The number of pyridine rings is 1. The van der Waals surface area contributed by atoms with Crippen LogP contribution in [0.1, 0.15) is 30.5 Å². The first kappa shape index (κ1) is 21.6. The number of piperazine rings is 1. The third-order valence-corrected chi connectivity index (χ3v) is 7.77. The summed E-state index contributed by atoms with van der Waals surface area (Å²) in [6.07, 6.45) is 5.14. The zero-order valence-corrected chi connectivity index (χ0v) is 19.9. The molecule has 0 unspecified atom stereocenters. The Balaban J connectivity index is 1.36. The fourth-order valence-electron chi connectivity index (χ4n) is 4.98. The lowest BCUT2D eigenvalue weighted by Crippen LogP contribution is -2.52. The molecule has 8 heteroatoms. The van der Waals surface area contributed by atoms with Crippen LogP contribution >= 0.6 is 23.8 Å². The minimum Gasteiger partial charge on any atom is -0.315 e. The van der Waals surface area contributed by atoms with Gasteiger partial charge < -0.3 is 14.7 Å². The molecule has 166 valence electrons. The predicted octanol–water partition coefficient (Wildman–Crippen LogP) is 3.89. The van der Waals surface area contributed by atoms with Gasteiger partial charge >= 0.3 is 0 Å². The first-order valence-electron chi connectivity index (χ1n) is 11.2. The van der Waals surface area contributed by atoms with Crippen LogP contribution in [0.25, 0.3) is 0 Å². The molecule has 5 rings (SSSR count). The van der Waals surface area contributed by atoms with E-state index in [2.05, 4.69) is 55.9 Å². The molecule has 0 atom stereocenters. The van der Waals surface area contributed by atoms with Gasteiger partial charge in [0.1, 0.15) is 6.07 Å². The SMILES string of the molecule is CN1CCN(Cc2ccc(N3C(=S)N(c4cnc(C#N)c(Cl)c4)CC34CCC4)cc2)CC1. The van der Waals surface area contributed by atoms with Crippen LogP contribution in [0, 0.1) is 11.3 Å². The van der Waals surface area contributed by atoms with E-state index in [0.29, 0.717) is 5.02 Å². The molecule has 6 nitrogen and oxygen atoms in total. The molecule has 32 heavy (non-hydrogen) atoms. The van der Waals surface area contributed by atoms with Crippen molar-refractivity contribution in [3.05, 3.63) is 52.8 Å². The highest BCUT2D eigenvalue weighted by molar-refractivity contribution is 7.80. The average molecular weight is 467 g/mol. The molecule has 1 spiro atoms. The fraction of sp³-hybridized carbons (Fsp3) is 0.458. The maximum atomic E-state index is 9.14. The molecule has 1 aromatic carbocycles. The highest BCUT2D eigenvalue weighted by Gasteiger charge is 2.52. The van der Waals surface area contributed by atoms with Crippen LogP contribution < -0.4 is 9.80 Å². The summed E-state index contributed by atoms with van der Waals surface area (Å²) in [4.78, 5) is 13.6. The molecule has 3 fully saturated rings. The lowest BCUT2D eigenvalue weighted by molar-refractivity contribution is 0.148. The van der Waals surface area contributed by atoms with Gasteiger partial charge in [0.15, 0.2) is 10.8 Å². The fourth-order valence-corrected chi connectivity index (χ4v) is 5.65. The monoisotopic (exact) mass is 466 g/mol. The number of nitriles is 1.